The third kappa shape index (κ3) is 4.37. The Morgan fingerprint density at radius 3 is 2.57 bits per heavy atom. The number of rotatable bonds is 7. The summed E-state index contributed by atoms with van der Waals surface area (Å²) in [6.07, 6.45) is 1.76. The van der Waals surface area contributed by atoms with Gasteiger partial charge in [0, 0.05) is 30.9 Å². The molecule has 7 heteroatoms. The summed E-state index contributed by atoms with van der Waals surface area (Å²) in [5.74, 6) is 2.24. The van der Waals surface area contributed by atoms with Crippen LogP contribution in [0.5, 0.6) is 17.2 Å². The highest BCUT2D eigenvalue weighted by Gasteiger charge is 2.36. The van der Waals surface area contributed by atoms with E-state index in [1.165, 1.54) is 5.56 Å². The zero-order valence-electron chi connectivity index (χ0n) is 17.4. The van der Waals surface area contributed by atoms with Gasteiger partial charge in [0.1, 0.15) is 5.75 Å². The van der Waals surface area contributed by atoms with Crippen molar-refractivity contribution in [2.45, 2.75) is 31.2 Å². The zero-order chi connectivity index (χ0) is 21.0. The summed E-state index contributed by atoms with van der Waals surface area (Å²) in [6, 6.07) is 13.1. The van der Waals surface area contributed by atoms with E-state index in [1.807, 2.05) is 37.3 Å². The molecule has 1 fully saturated rings. The summed E-state index contributed by atoms with van der Waals surface area (Å²) in [5, 5.41) is 6.39. The van der Waals surface area contributed by atoms with Gasteiger partial charge < -0.3 is 29.6 Å². The quantitative estimate of drug-likeness (QED) is 0.728. The molecule has 0 aliphatic carbocycles. The van der Waals surface area contributed by atoms with Gasteiger partial charge in [0.15, 0.2) is 11.5 Å². The second-order valence-corrected chi connectivity index (χ2v) is 7.78. The van der Waals surface area contributed by atoms with Gasteiger partial charge >= 0.3 is 0 Å². The van der Waals surface area contributed by atoms with E-state index in [9.17, 15) is 4.79 Å². The van der Waals surface area contributed by atoms with E-state index in [4.69, 9.17) is 18.9 Å². The van der Waals surface area contributed by atoms with Crippen LogP contribution in [0.3, 0.4) is 0 Å². The molecule has 2 aliphatic heterocycles. The number of carbonyl (C=O) groups is 1. The number of carbonyl (C=O) groups excluding carboxylic acids is 1. The number of fused-ring (bicyclic) bond motifs is 1. The molecule has 1 saturated heterocycles. The highest BCUT2D eigenvalue weighted by atomic mass is 16.7. The van der Waals surface area contributed by atoms with Crippen LogP contribution in [-0.4, -0.2) is 45.6 Å². The van der Waals surface area contributed by atoms with Crippen LogP contribution >= 0.6 is 0 Å². The van der Waals surface area contributed by atoms with Gasteiger partial charge in [-0.15, -0.1) is 0 Å². The maximum Gasteiger partial charge on any atom is 0.241 e. The molecule has 2 aromatic rings. The average molecular weight is 412 g/mol. The lowest BCUT2D eigenvalue weighted by Gasteiger charge is -2.38. The highest BCUT2D eigenvalue weighted by molar-refractivity contribution is 5.94. The topological polar surface area (TPSA) is 78.1 Å². The van der Waals surface area contributed by atoms with Gasteiger partial charge in [-0.3, -0.25) is 4.79 Å². The molecule has 1 amide bonds. The normalized spacial score (nSPS) is 17.9. The molecule has 0 aromatic heterocycles. The van der Waals surface area contributed by atoms with Crippen molar-refractivity contribution in [3.05, 3.63) is 48.0 Å². The maximum atomic E-state index is 12.7. The van der Waals surface area contributed by atoms with E-state index in [0.29, 0.717) is 19.8 Å². The van der Waals surface area contributed by atoms with Gasteiger partial charge in [0.25, 0.3) is 0 Å². The third-order valence-electron chi connectivity index (χ3n) is 5.93. The Morgan fingerprint density at radius 2 is 1.83 bits per heavy atom. The predicted octanol–water partition coefficient (Wildman–Crippen LogP) is 3.09. The molecule has 1 atom stereocenters. The molecular formula is C23H28N2O5. The van der Waals surface area contributed by atoms with Gasteiger partial charge in [-0.05, 0) is 61.7 Å². The Bertz CT molecular complexity index is 878. The number of methoxy groups -OCH3 is 1. The predicted molar refractivity (Wildman–Crippen MR) is 113 cm³/mol. The number of benzene rings is 2. The van der Waals surface area contributed by atoms with Crippen LogP contribution in [-0.2, 0) is 14.9 Å². The molecule has 160 valence electrons. The van der Waals surface area contributed by atoms with E-state index in [2.05, 4.69) is 22.8 Å². The monoisotopic (exact) mass is 412 g/mol. The first-order valence-corrected chi connectivity index (χ1v) is 10.3. The molecule has 0 radical (unpaired) electrons. The van der Waals surface area contributed by atoms with Crippen molar-refractivity contribution in [2.75, 3.05) is 39.0 Å². The molecule has 0 unspecified atom stereocenters. The molecule has 7 nitrogen and oxygen atoms in total. The molecule has 0 saturated carbocycles. The number of ether oxygens (including phenoxy) is 4. The lowest BCUT2D eigenvalue weighted by molar-refractivity contribution is -0.117. The van der Waals surface area contributed by atoms with Gasteiger partial charge in [-0.25, -0.2) is 0 Å². The highest BCUT2D eigenvalue weighted by Crippen LogP contribution is 2.40. The first kappa shape index (κ1) is 20.5. The first-order chi connectivity index (χ1) is 14.6. The van der Waals surface area contributed by atoms with Crippen molar-refractivity contribution < 1.29 is 23.7 Å². The van der Waals surface area contributed by atoms with Crippen LogP contribution in [0.2, 0.25) is 0 Å². The van der Waals surface area contributed by atoms with Gasteiger partial charge in [0.2, 0.25) is 12.7 Å². The summed E-state index contributed by atoms with van der Waals surface area (Å²) >= 11 is 0. The van der Waals surface area contributed by atoms with E-state index >= 15 is 0 Å². The van der Waals surface area contributed by atoms with Crippen LogP contribution in [0.25, 0.3) is 0 Å². The Kier molecular flexibility index (Phi) is 6.11. The van der Waals surface area contributed by atoms with Gasteiger partial charge in [0.05, 0.1) is 13.2 Å². The molecule has 4 rings (SSSR count). The molecule has 2 N–H and O–H groups in total. The third-order valence-corrected chi connectivity index (χ3v) is 5.93. The van der Waals surface area contributed by atoms with Crippen molar-refractivity contribution in [2.24, 2.45) is 0 Å². The average Bonchev–Trinajstić information content (AvgIpc) is 3.26. The fourth-order valence-corrected chi connectivity index (χ4v) is 3.92. The van der Waals surface area contributed by atoms with Gasteiger partial charge in [-0.1, -0.05) is 6.07 Å². The Hall–Kier alpha value is -2.77. The summed E-state index contributed by atoms with van der Waals surface area (Å²) in [4.78, 5) is 12.7. The van der Waals surface area contributed by atoms with E-state index < -0.39 is 0 Å². The standard InChI is InChI=1S/C23H28N2O5/c1-16(22(26)25-18-4-6-19(27-2)7-5-18)24-14-23(9-11-28-12-10-23)17-3-8-20-21(13-17)30-15-29-20/h3-8,13,16,24H,9-12,14-15H2,1-2H3,(H,25,26)/t16-/m0/s1. The number of hydrogen-bond donors (Lipinski definition) is 2. The Morgan fingerprint density at radius 1 is 1.10 bits per heavy atom. The van der Waals surface area contributed by atoms with E-state index in [0.717, 1.165) is 35.8 Å². The van der Waals surface area contributed by atoms with Crippen molar-refractivity contribution in [1.29, 1.82) is 0 Å². The smallest absolute Gasteiger partial charge is 0.241 e. The largest absolute Gasteiger partial charge is 0.497 e. The fraction of sp³-hybridized carbons (Fsp3) is 0.435. The molecule has 2 aliphatic rings. The minimum Gasteiger partial charge on any atom is -0.497 e. The SMILES string of the molecule is COc1ccc(NC(=O)[C@H](C)NCC2(c3ccc4c(c3)OCO4)CCOCC2)cc1. The number of anilines is 1. The second kappa shape index (κ2) is 8.93. The summed E-state index contributed by atoms with van der Waals surface area (Å²) in [7, 11) is 1.62. The zero-order valence-corrected chi connectivity index (χ0v) is 17.4. The Labute approximate surface area is 176 Å². The van der Waals surface area contributed by atoms with Crippen LogP contribution in [0, 0.1) is 0 Å². The van der Waals surface area contributed by atoms with Crippen molar-refractivity contribution in [1.82, 2.24) is 5.32 Å². The lowest BCUT2D eigenvalue weighted by atomic mass is 9.74. The maximum absolute atomic E-state index is 12.7. The van der Waals surface area contributed by atoms with Crippen molar-refractivity contribution >= 4 is 11.6 Å². The second-order valence-electron chi connectivity index (χ2n) is 7.78. The summed E-state index contributed by atoms with van der Waals surface area (Å²) < 4.78 is 21.8. The summed E-state index contributed by atoms with van der Waals surface area (Å²) in [6.45, 7) is 4.21. The molecule has 30 heavy (non-hydrogen) atoms. The molecule has 0 bridgehead atoms. The lowest BCUT2D eigenvalue weighted by Crippen LogP contribution is -2.48. The van der Waals surface area contributed by atoms with Crippen LogP contribution in [0.1, 0.15) is 25.3 Å². The van der Waals surface area contributed by atoms with Crippen LogP contribution < -0.4 is 24.8 Å². The molecule has 0 spiro atoms. The van der Waals surface area contributed by atoms with Gasteiger partial charge in [-0.2, -0.15) is 0 Å². The van der Waals surface area contributed by atoms with Crippen molar-refractivity contribution in [3.63, 3.8) is 0 Å². The number of amides is 1. The molecular weight excluding hydrogens is 384 g/mol. The molecule has 2 heterocycles. The minimum atomic E-state index is -0.346. The summed E-state index contributed by atoms with van der Waals surface area (Å²) in [5.41, 5.74) is 1.81. The van der Waals surface area contributed by atoms with E-state index in [1.54, 1.807) is 7.11 Å². The first-order valence-electron chi connectivity index (χ1n) is 10.3. The van der Waals surface area contributed by atoms with Crippen molar-refractivity contribution in [3.8, 4) is 17.2 Å². The number of hydrogen-bond acceptors (Lipinski definition) is 6. The molecule has 2 aromatic carbocycles. The fourth-order valence-electron chi connectivity index (χ4n) is 3.92. The number of nitrogens with one attached hydrogen (secondary N) is 2. The van der Waals surface area contributed by atoms with E-state index in [-0.39, 0.29) is 24.2 Å². The van der Waals surface area contributed by atoms with Crippen LogP contribution in [0.4, 0.5) is 5.69 Å². The minimum absolute atomic E-state index is 0.0759. The van der Waals surface area contributed by atoms with Crippen LogP contribution in [0.15, 0.2) is 42.5 Å². The Balaban J connectivity index is 1.42.